The second kappa shape index (κ2) is 6.41. The van der Waals surface area contributed by atoms with E-state index in [-0.39, 0.29) is 0 Å². The van der Waals surface area contributed by atoms with Crippen molar-refractivity contribution < 1.29 is 4.79 Å². The van der Waals surface area contributed by atoms with Gasteiger partial charge in [0.2, 0.25) is 6.08 Å². The summed E-state index contributed by atoms with van der Waals surface area (Å²) in [6, 6.07) is 0. The third kappa shape index (κ3) is 5.41. The topological polar surface area (TPSA) is 29.4 Å². The van der Waals surface area contributed by atoms with Gasteiger partial charge in [-0.25, -0.2) is 4.79 Å². The van der Waals surface area contributed by atoms with Crippen LogP contribution >= 0.6 is 11.6 Å². The minimum atomic E-state index is 0.560. The van der Waals surface area contributed by atoms with Crippen LogP contribution in [0.1, 0.15) is 6.42 Å². The minimum absolute atomic E-state index is 0.560. The average Bonchev–Trinajstić information content (AvgIpc) is 1.81. The number of isocyanates is 1. The lowest BCUT2D eigenvalue weighted by Gasteiger charge is -1.74. The van der Waals surface area contributed by atoms with Crippen molar-refractivity contribution in [3.8, 4) is 0 Å². The smallest absolute Gasteiger partial charge is 0.211 e. The number of halogens is 1. The monoisotopic (exact) mass is 131 g/mol. The van der Waals surface area contributed by atoms with E-state index in [9.17, 15) is 4.79 Å². The van der Waals surface area contributed by atoms with E-state index >= 15 is 0 Å². The molecule has 0 aromatic heterocycles. The molecule has 3 heteroatoms. The maximum absolute atomic E-state index is 9.39. The quantitative estimate of drug-likeness (QED) is 0.324. The van der Waals surface area contributed by atoms with Gasteiger partial charge in [-0.1, -0.05) is 6.08 Å². The molecule has 44 valence electrons. The summed E-state index contributed by atoms with van der Waals surface area (Å²) in [5.41, 5.74) is 0. The van der Waals surface area contributed by atoms with Gasteiger partial charge in [-0.3, -0.25) is 0 Å². The lowest BCUT2D eigenvalue weighted by molar-refractivity contribution is 0.565. The highest BCUT2D eigenvalue weighted by molar-refractivity contribution is 6.17. The van der Waals surface area contributed by atoms with Crippen molar-refractivity contribution in [2.75, 3.05) is 5.88 Å². The van der Waals surface area contributed by atoms with Crippen LogP contribution in [0.25, 0.3) is 0 Å². The summed E-state index contributed by atoms with van der Waals surface area (Å²) in [5, 5.41) is 0. The maximum Gasteiger partial charge on any atom is 0.239 e. The van der Waals surface area contributed by atoms with Gasteiger partial charge in [0.25, 0.3) is 0 Å². The Hall–Kier alpha value is -0.590. The first-order valence-corrected chi connectivity index (χ1v) is 2.73. The van der Waals surface area contributed by atoms with Gasteiger partial charge in [0.1, 0.15) is 0 Å². The number of carbonyl (C=O) groups excluding carboxylic acids is 1. The van der Waals surface area contributed by atoms with E-state index in [1.807, 2.05) is 0 Å². The van der Waals surface area contributed by atoms with Crippen molar-refractivity contribution in [3.05, 3.63) is 12.3 Å². The van der Waals surface area contributed by atoms with Crippen LogP contribution in [0.4, 0.5) is 0 Å². The van der Waals surface area contributed by atoms with E-state index in [1.54, 1.807) is 6.08 Å². The molecule has 0 N–H and O–H groups in total. The molecule has 0 aromatic carbocycles. The number of rotatable bonds is 3. The molecule has 0 saturated heterocycles. The van der Waals surface area contributed by atoms with Crippen LogP contribution in [0.15, 0.2) is 17.3 Å². The van der Waals surface area contributed by atoms with Crippen LogP contribution in [0.3, 0.4) is 0 Å². The fourth-order valence-electron chi connectivity index (χ4n) is 0.221. The van der Waals surface area contributed by atoms with Gasteiger partial charge in [-0.2, -0.15) is 4.99 Å². The van der Waals surface area contributed by atoms with E-state index in [4.69, 9.17) is 11.6 Å². The first-order valence-electron chi connectivity index (χ1n) is 2.19. The Kier molecular flexibility index (Phi) is 5.94. The van der Waals surface area contributed by atoms with Crippen LogP contribution in [-0.4, -0.2) is 12.0 Å². The van der Waals surface area contributed by atoms with E-state index in [0.717, 1.165) is 6.42 Å². The molecular formula is C5H6ClNO. The van der Waals surface area contributed by atoms with Crippen LogP contribution in [0, 0.1) is 0 Å². The molecule has 0 amide bonds. The highest BCUT2D eigenvalue weighted by atomic mass is 35.5. The van der Waals surface area contributed by atoms with Crippen molar-refractivity contribution in [2.24, 2.45) is 4.99 Å². The lowest BCUT2D eigenvalue weighted by atomic mass is 10.5. The molecule has 0 aromatic rings. The minimum Gasteiger partial charge on any atom is -0.211 e. The normalized spacial score (nSPS) is 9.12. The van der Waals surface area contributed by atoms with Gasteiger partial charge in [-0.15, -0.1) is 11.6 Å². The van der Waals surface area contributed by atoms with Gasteiger partial charge in [-0.05, 0) is 6.42 Å². The summed E-state index contributed by atoms with van der Waals surface area (Å²) in [6.45, 7) is 0. The molecule has 0 aliphatic carbocycles. The van der Waals surface area contributed by atoms with Crippen LogP contribution in [-0.2, 0) is 4.79 Å². The van der Waals surface area contributed by atoms with E-state index in [0.29, 0.717) is 5.88 Å². The maximum atomic E-state index is 9.39. The molecule has 0 aliphatic rings. The fourth-order valence-corrected chi connectivity index (χ4v) is 0.347. The van der Waals surface area contributed by atoms with Crippen molar-refractivity contribution >= 4 is 17.7 Å². The highest BCUT2D eigenvalue weighted by Crippen LogP contribution is 1.85. The molecule has 0 unspecified atom stereocenters. The molecule has 0 atom stereocenters. The summed E-state index contributed by atoms with van der Waals surface area (Å²) in [5.74, 6) is 0.560. The Labute approximate surface area is 52.9 Å². The van der Waals surface area contributed by atoms with E-state index in [2.05, 4.69) is 4.99 Å². The number of allylic oxidation sites excluding steroid dienone is 1. The van der Waals surface area contributed by atoms with Crippen molar-refractivity contribution in [1.82, 2.24) is 0 Å². The van der Waals surface area contributed by atoms with Gasteiger partial charge >= 0.3 is 0 Å². The van der Waals surface area contributed by atoms with Gasteiger partial charge in [0, 0.05) is 12.1 Å². The second-order valence-corrected chi connectivity index (χ2v) is 1.46. The number of hydrogen-bond donors (Lipinski definition) is 0. The van der Waals surface area contributed by atoms with Crippen molar-refractivity contribution in [2.45, 2.75) is 6.42 Å². The number of nitrogens with zero attached hydrogens (tertiary/aromatic N) is 1. The third-order valence-corrected chi connectivity index (χ3v) is 0.727. The molecular weight excluding hydrogens is 126 g/mol. The Morgan fingerprint density at radius 3 is 3.00 bits per heavy atom. The SMILES string of the molecule is O=C=N/C=C/CCCl. The molecule has 0 fully saturated rings. The number of alkyl halides is 1. The molecule has 8 heavy (non-hydrogen) atoms. The summed E-state index contributed by atoms with van der Waals surface area (Å²) in [7, 11) is 0. The molecule has 0 heterocycles. The van der Waals surface area contributed by atoms with Crippen LogP contribution in [0.5, 0.6) is 0 Å². The summed E-state index contributed by atoms with van der Waals surface area (Å²) in [6.07, 6.45) is 5.21. The molecule has 0 spiro atoms. The van der Waals surface area contributed by atoms with Crippen molar-refractivity contribution in [3.63, 3.8) is 0 Å². The van der Waals surface area contributed by atoms with Gasteiger partial charge < -0.3 is 0 Å². The Balaban J connectivity index is 3.20. The average molecular weight is 132 g/mol. The molecule has 0 rings (SSSR count). The van der Waals surface area contributed by atoms with Crippen LogP contribution in [0.2, 0.25) is 0 Å². The Bertz CT molecular complexity index is 116. The summed E-state index contributed by atoms with van der Waals surface area (Å²) < 4.78 is 0. The lowest BCUT2D eigenvalue weighted by Crippen LogP contribution is -1.63. The van der Waals surface area contributed by atoms with Crippen molar-refractivity contribution in [1.29, 1.82) is 0 Å². The molecule has 2 nitrogen and oxygen atoms in total. The first kappa shape index (κ1) is 7.41. The molecule has 0 aliphatic heterocycles. The second-order valence-electron chi connectivity index (χ2n) is 1.08. The number of aliphatic imine (C=N–C) groups is 1. The molecule has 0 bridgehead atoms. The van der Waals surface area contributed by atoms with Gasteiger partial charge in [0.05, 0.1) is 0 Å². The summed E-state index contributed by atoms with van der Waals surface area (Å²) >= 11 is 5.29. The van der Waals surface area contributed by atoms with Gasteiger partial charge in [0.15, 0.2) is 0 Å². The standard InChI is InChI=1S/C5H6ClNO/c6-3-1-2-4-7-5-8/h2,4H,1,3H2/b4-2+. The van der Waals surface area contributed by atoms with Crippen LogP contribution < -0.4 is 0 Å². The predicted molar refractivity (Wildman–Crippen MR) is 32.6 cm³/mol. The third-order valence-electron chi connectivity index (χ3n) is 0.508. The molecule has 0 radical (unpaired) electrons. The van der Waals surface area contributed by atoms with E-state index < -0.39 is 0 Å². The highest BCUT2D eigenvalue weighted by Gasteiger charge is 1.69. The summed E-state index contributed by atoms with van der Waals surface area (Å²) in [4.78, 5) is 12.6. The molecule has 0 saturated carbocycles. The zero-order valence-corrected chi connectivity index (χ0v) is 5.06. The zero-order chi connectivity index (χ0) is 6.24. The predicted octanol–water partition coefficient (Wildman–Crippen LogP) is 1.46. The Morgan fingerprint density at radius 2 is 2.50 bits per heavy atom. The number of hydrogen-bond acceptors (Lipinski definition) is 2. The van der Waals surface area contributed by atoms with E-state index in [1.165, 1.54) is 12.3 Å². The zero-order valence-electron chi connectivity index (χ0n) is 4.30. The largest absolute Gasteiger partial charge is 0.239 e. The first-order chi connectivity index (χ1) is 3.91. The Morgan fingerprint density at radius 1 is 1.75 bits per heavy atom. The fraction of sp³-hybridized carbons (Fsp3) is 0.400.